The zero-order chi connectivity index (χ0) is 9.90. The SMILES string of the molecule is CCOC(C)(C)c1ncnc(N)n1. The molecule has 1 aromatic heterocycles. The minimum Gasteiger partial charge on any atom is -0.368 e. The van der Waals surface area contributed by atoms with Gasteiger partial charge >= 0.3 is 0 Å². The lowest BCUT2D eigenvalue weighted by molar-refractivity contribution is -0.0208. The summed E-state index contributed by atoms with van der Waals surface area (Å²) in [6.45, 7) is 6.32. The summed E-state index contributed by atoms with van der Waals surface area (Å²) in [6.07, 6.45) is 1.39. The van der Waals surface area contributed by atoms with Crippen molar-refractivity contribution in [3.63, 3.8) is 0 Å². The fraction of sp³-hybridized carbons (Fsp3) is 0.625. The fourth-order valence-corrected chi connectivity index (χ4v) is 1.02. The molecule has 0 spiro atoms. The van der Waals surface area contributed by atoms with Crippen LogP contribution in [0.5, 0.6) is 0 Å². The van der Waals surface area contributed by atoms with Crippen LogP contribution in [0.4, 0.5) is 5.95 Å². The van der Waals surface area contributed by atoms with E-state index >= 15 is 0 Å². The van der Waals surface area contributed by atoms with Gasteiger partial charge in [0, 0.05) is 6.61 Å². The van der Waals surface area contributed by atoms with E-state index in [-0.39, 0.29) is 5.95 Å². The van der Waals surface area contributed by atoms with E-state index in [0.717, 1.165) is 0 Å². The molecule has 13 heavy (non-hydrogen) atoms. The van der Waals surface area contributed by atoms with Crippen molar-refractivity contribution in [1.29, 1.82) is 0 Å². The van der Waals surface area contributed by atoms with E-state index < -0.39 is 5.60 Å². The summed E-state index contributed by atoms with van der Waals surface area (Å²) >= 11 is 0. The molecule has 0 unspecified atom stereocenters. The van der Waals surface area contributed by atoms with Crippen molar-refractivity contribution in [2.45, 2.75) is 26.4 Å². The molecule has 0 aromatic carbocycles. The van der Waals surface area contributed by atoms with Crippen molar-refractivity contribution in [2.75, 3.05) is 12.3 Å². The topological polar surface area (TPSA) is 73.9 Å². The number of anilines is 1. The average Bonchev–Trinajstić information content (AvgIpc) is 2.04. The molecule has 0 radical (unpaired) electrons. The van der Waals surface area contributed by atoms with E-state index in [4.69, 9.17) is 10.5 Å². The Bertz CT molecular complexity index is 287. The monoisotopic (exact) mass is 182 g/mol. The second-order valence-corrected chi connectivity index (χ2v) is 3.11. The molecule has 0 amide bonds. The third kappa shape index (κ3) is 2.35. The molecule has 0 saturated heterocycles. The Morgan fingerprint density at radius 1 is 1.46 bits per heavy atom. The molecular weight excluding hydrogens is 168 g/mol. The number of ether oxygens (including phenoxy) is 1. The lowest BCUT2D eigenvalue weighted by atomic mass is 10.1. The van der Waals surface area contributed by atoms with Crippen molar-refractivity contribution in [3.05, 3.63) is 12.2 Å². The number of rotatable bonds is 3. The molecule has 0 bridgehead atoms. The summed E-state index contributed by atoms with van der Waals surface area (Å²) in [5, 5.41) is 0. The zero-order valence-electron chi connectivity index (χ0n) is 8.11. The summed E-state index contributed by atoms with van der Waals surface area (Å²) in [4.78, 5) is 11.7. The van der Waals surface area contributed by atoms with Crippen molar-refractivity contribution in [2.24, 2.45) is 0 Å². The second kappa shape index (κ2) is 3.66. The number of nitrogens with zero attached hydrogens (tertiary/aromatic N) is 3. The Hall–Kier alpha value is -1.23. The van der Waals surface area contributed by atoms with Gasteiger partial charge in [0.15, 0.2) is 5.82 Å². The zero-order valence-corrected chi connectivity index (χ0v) is 8.11. The standard InChI is InChI=1S/C8H14N4O/c1-4-13-8(2,3)6-10-5-11-7(9)12-6/h5H,4H2,1-3H3,(H2,9,10,11,12). The molecule has 0 saturated carbocycles. The molecule has 5 heteroatoms. The van der Waals surface area contributed by atoms with Crippen LogP contribution in [0, 0.1) is 0 Å². The largest absolute Gasteiger partial charge is 0.368 e. The predicted octanol–water partition coefficient (Wildman–Crippen LogP) is 0.725. The Balaban J connectivity index is 2.93. The summed E-state index contributed by atoms with van der Waals surface area (Å²) in [7, 11) is 0. The number of nitrogens with two attached hydrogens (primary N) is 1. The van der Waals surface area contributed by atoms with Gasteiger partial charge in [0.25, 0.3) is 0 Å². The minimum atomic E-state index is -0.508. The van der Waals surface area contributed by atoms with Crippen molar-refractivity contribution in [3.8, 4) is 0 Å². The molecule has 0 fully saturated rings. The van der Waals surface area contributed by atoms with E-state index in [1.807, 2.05) is 20.8 Å². The predicted molar refractivity (Wildman–Crippen MR) is 48.9 cm³/mol. The van der Waals surface area contributed by atoms with Gasteiger partial charge in [0.05, 0.1) is 0 Å². The first-order valence-electron chi connectivity index (χ1n) is 4.15. The molecule has 1 rings (SSSR count). The van der Waals surface area contributed by atoms with Crippen LogP contribution in [-0.4, -0.2) is 21.6 Å². The van der Waals surface area contributed by atoms with E-state index in [1.54, 1.807) is 0 Å². The van der Waals surface area contributed by atoms with Crippen LogP contribution >= 0.6 is 0 Å². The number of nitrogen functional groups attached to an aromatic ring is 1. The van der Waals surface area contributed by atoms with E-state index in [9.17, 15) is 0 Å². The molecule has 1 aromatic rings. The highest BCUT2D eigenvalue weighted by atomic mass is 16.5. The number of hydrogen-bond acceptors (Lipinski definition) is 5. The lowest BCUT2D eigenvalue weighted by Gasteiger charge is -2.22. The van der Waals surface area contributed by atoms with Gasteiger partial charge < -0.3 is 10.5 Å². The van der Waals surface area contributed by atoms with Crippen molar-refractivity contribution < 1.29 is 4.74 Å². The first kappa shape index (κ1) is 9.85. The van der Waals surface area contributed by atoms with Crippen molar-refractivity contribution in [1.82, 2.24) is 15.0 Å². The Morgan fingerprint density at radius 3 is 2.69 bits per heavy atom. The summed E-state index contributed by atoms with van der Waals surface area (Å²) < 4.78 is 5.46. The molecule has 0 aliphatic heterocycles. The van der Waals surface area contributed by atoms with Gasteiger partial charge in [-0.25, -0.2) is 9.97 Å². The van der Waals surface area contributed by atoms with Gasteiger partial charge in [-0.1, -0.05) is 0 Å². The summed E-state index contributed by atoms with van der Waals surface area (Å²) in [5.41, 5.74) is 4.93. The van der Waals surface area contributed by atoms with Gasteiger partial charge in [-0.2, -0.15) is 4.98 Å². The first-order chi connectivity index (χ1) is 6.06. The smallest absolute Gasteiger partial charge is 0.223 e. The van der Waals surface area contributed by atoms with E-state index in [1.165, 1.54) is 6.33 Å². The van der Waals surface area contributed by atoms with E-state index in [2.05, 4.69) is 15.0 Å². The minimum absolute atomic E-state index is 0.220. The highest BCUT2D eigenvalue weighted by Gasteiger charge is 2.24. The molecular formula is C8H14N4O. The van der Waals surface area contributed by atoms with Gasteiger partial charge in [-0.3, -0.25) is 0 Å². The fourth-order valence-electron chi connectivity index (χ4n) is 1.02. The second-order valence-electron chi connectivity index (χ2n) is 3.11. The molecule has 0 atom stereocenters. The molecule has 2 N–H and O–H groups in total. The van der Waals surface area contributed by atoms with Gasteiger partial charge in [0.2, 0.25) is 5.95 Å². The van der Waals surface area contributed by atoms with E-state index in [0.29, 0.717) is 12.4 Å². The van der Waals surface area contributed by atoms with Crippen LogP contribution < -0.4 is 5.73 Å². The van der Waals surface area contributed by atoms with Crippen LogP contribution in [0.2, 0.25) is 0 Å². The maximum Gasteiger partial charge on any atom is 0.223 e. The van der Waals surface area contributed by atoms with Crippen LogP contribution in [0.1, 0.15) is 26.6 Å². The van der Waals surface area contributed by atoms with Crippen LogP contribution in [0.3, 0.4) is 0 Å². The summed E-state index contributed by atoms with van der Waals surface area (Å²) in [5.74, 6) is 0.777. The molecule has 1 heterocycles. The number of hydrogen-bond donors (Lipinski definition) is 1. The normalized spacial score (nSPS) is 11.6. The van der Waals surface area contributed by atoms with Crippen LogP contribution in [0.15, 0.2) is 6.33 Å². The highest BCUT2D eigenvalue weighted by molar-refractivity contribution is 5.14. The van der Waals surface area contributed by atoms with Gasteiger partial charge in [-0.15, -0.1) is 0 Å². The highest BCUT2D eigenvalue weighted by Crippen LogP contribution is 2.20. The maximum atomic E-state index is 5.46. The molecule has 72 valence electrons. The summed E-state index contributed by atoms with van der Waals surface area (Å²) in [6, 6.07) is 0. The Labute approximate surface area is 77.4 Å². The first-order valence-corrected chi connectivity index (χ1v) is 4.15. The average molecular weight is 182 g/mol. The quantitative estimate of drug-likeness (QED) is 0.745. The third-order valence-corrected chi connectivity index (χ3v) is 1.63. The van der Waals surface area contributed by atoms with Gasteiger partial charge in [-0.05, 0) is 20.8 Å². The van der Waals surface area contributed by atoms with Crippen LogP contribution in [-0.2, 0) is 10.3 Å². The number of aromatic nitrogens is 3. The Morgan fingerprint density at radius 2 is 2.15 bits per heavy atom. The maximum absolute atomic E-state index is 5.46. The molecule has 0 aliphatic rings. The molecule has 0 aliphatic carbocycles. The van der Waals surface area contributed by atoms with Crippen molar-refractivity contribution >= 4 is 5.95 Å². The third-order valence-electron chi connectivity index (χ3n) is 1.63. The lowest BCUT2D eigenvalue weighted by Crippen LogP contribution is -2.25. The van der Waals surface area contributed by atoms with Crippen LogP contribution in [0.25, 0.3) is 0 Å². The molecule has 5 nitrogen and oxygen atoms in total. The van der Waals surface area contributed by atoms with Gasteiger partial charge in [0.1, 0.15) is 11.9 Å². The Kier molecular flexibility index (Phi) is 2.77.